The molecule has 1 aliphatic carbocycles. The molecular formula is C15H19ClFNOS. The predicted octanol–water partition coefficient (Wildman–Crippen LogP) is 4.87. The number of carbonyl (C=O) groups is 1. The van der Waals surface area contributed by atoms with Crippen LogP contribution in [0.3, 0.4) is 0 Å². The van der Waals surface area contributed by atoms with Crippen LogP contribution in [0.15, 0.2) is 18.2 Å². The third kappa shape index (κ3) is 4.38. The van der Waals surface area contributed by atoms with Crippen molar-refractivity contribution in [2.75, 3.05) is 5.32 Å². The highest BCUT2D eigenvalue weighted by Crippen LogP contribution is 2.32. The molecule has 1 amide bonds. The fourth-order valence-corrected chi connectivity index (χ4v) is 3.96. The first kappa shape index (κ1) is 15.6. The second kappa shape index (κ2) is 7.32. The number of anilines is 1. The molecule has 110 valence electrons. The first-order valence-corrected chi connectivity index (χ1v) is 8.29. The maximum atomic E-state index is 13.0. The first-order chi connectivity index (χ1) is 9.56. The summed E-state index contributed by atoms with van der Waals surface area (Å²) in [6.45, 7) is 1.91. The number of rotatable bonds is 4. The van der Waals surface area contributed by atoms with E-state index in [-0.39, 0.29) is 16.2 Å². The van der Waals surface area contributed by atoms with Crippen molar-refractivity contribution in [2.45, 2.75) is 49.5 Å². The Bertz CT molecular complexity index is 477. The quantitative estimate of drug-likeness (QED) is 0.858. The Morgan fingerprint density at radius 2 is 2.10 bits per heavy atom. The molecule has 1 N–H and O–H groups in total. The Kier molecular flexibility index (Phi) is 5.73. The fourth-order valence-electron chi connectivity index (χ4n) is 2.38. The van der Waals surface area contributed by atoms with E-state index in [0.29, 0.717) is 10.9 Å². The van der Waals surface area contributed by atoms with E-state index in [2.05, 4.69) is 5.32 Å². The fraction of sp³-hybridized carbons (Fsp3) is 0.533. The third-order valence-corrected chi connectivity index (χ3v) is 5.30. The number of benzene rings is 1. The van der Waals surface area contributed by atoms with Gasteiger partial charge in [-0.25, -0.2) is 4.39 Å². The zero-order valence-corrected chi connectivity index (χ0v) is 13.1. The summed E-state index contributed by atoms with van der Waals surface area (Å²) in [5.41, 5.74) is 0.467. The van der Waals surface area contributed by atoms with Crippen LogP contribution in [0.5, 0.6) is 0 Å². The Balaban J connectivity index is 1.89. The lowest BCUT2D eigenvalue weighted by Crippen LogP contribution is -2.25. The molecule has 0 spiro atoms. The second-order valence-corrected chi connectivity index (χ2v) is 7.20. The van der Waals surface area contributed by atoms with Gasteiger partial charge in [0.1, 0.15) is 5.82 Å². The highest BCUT2D eigenvalue weighted by Gasteiger charge is 2.21. The van der Waals surface area contributed by atoms with Gasteiger partial charge < -0.3 is 5.32 Å². The first-order valence-electron chi connectivity index (χ1n) is 6.97. The van der Waals surface area contributed by atoms with Gasteiger partial charge in [-0.2, -0.15) is 0 Å². The summed E-state index contributed by atoms with van der Waals surface area (Å²) in [4.78, 5) is 12.1. The molecule has 0 aliphatic heterocycles. The van der Waals surface area contributed by atoms with Crippen LogP contribution in [0.2, 0.25) is 5.02 Å². The van der Waals surface area contributed by atoms with Crippen molar-refractivity contribution in [2.24, 2.45) is 0 Å². The molecule has 0 unspecified atom stereocenters. The minimum atomic E-state index is -0.405. The molecule has 1 saturated carbocycles. The van der Waals surface area contributed by atoms with Gasteiger partial charge in [0, 0.05) is 5.25 Å². The third-order valence-electron chi connectivity index (χ3n) is 3.51. The molecule has 1 aromatic carbocycles. The highest BCUT2D eigenvalue weighted by atomic mass is 35.5. The number of nitrogens with one attached hydrogen (secondary N) is 1. The Morgan fingerprint density at radius 3 is 2.75 bits per heavy atom. The van der Waals surface area contributed by atoms with E-state index in [1.807, 2.05) is 6.92 Å². The van der Waals surface area contributed by atoms with Gasteiger partial charge in [0.25, 0.3) is 0 Å². The van der Waals surface area contributed by atoms with Crippen LogP contribution in [0.25, 0.3) is 0 Å². The second-order valence-electron chi connectivity index (χ2n) is 5.15. The molecule has 0 aromatic heterocycles. The normalized spacial score (nSPS) is 17.8. The van der Waals surface area contributed by atoms with Crippen molar-refractivity contribution < 1.29 is 9.18 Å². The molecule has 1 fully saturated rings. The van der Waals surface area contributed by atoms with E-state index in [1.54, 1.807) is 11.8 Å². The van der Waals surface area contributed by atoms with Gasteiger partial charge in [-0.15, -0.1) is 11.8 Å². The summed E-state index contributed by atoms with van der Waals surface area (Å²) in [7, 11) is 0. The molecule has 0 radical (unpaired) electrons. The lowest BCUT2D eigenvalue weighted by Gasteiger charge is -2.24. The minimum Gasteiger partial charge on any atom is -0.324 e. The standard InChI is InChI=1S/C15H19ClFNOS/c1-10(20-12-5-3-2-4-6-12)15(19)18-14-8-7-11(17)9-13(14)16/h7-10,12H,2-6H2,1H3,(H,18,19)/t10-/m0/s1. The van der Waals surface area contributed by atoms with E-state index in [4.69, 9.17) is 11.6 Å². The van der Waals surface area contributed by atoms with Crippen LogP contribution < -0.4 is 5.32 Å². The topological polar surface area (TPSA) is 29.1 Å². The molecule has 1 aromatic rings. The average Bonchev–Trinajstić information content (AvgIpc) is 2.43. The van der Waals surface area contributed by atoms with Crippen LogP contribution in [0.1, 0.15) is 39.0 Å². The number of hydrogen-bond acceptors (Lipinski definition) is 2. The maximum absolute atomic E-state index is 13.0. The predicted molar refractivity (Wildman–Crippen MR) is 84.0 cm³/mol. The molecule has 0 heterocycles. The summed E-state index contributed by atoms with van der Waals surface area (Å²) in [5, 5.41) is 3.45. The maximum Gasteiger partial charge on any atom is 0.237 e. The van der Waals surface area contributed by atoms with Crippen LogP contribution >= 0.6 is 23.4 Å². The lowest BCUT2D eigenvalue weighted by molar-refractivity contribution is -0.115. The van der Waals surface area contributed by atoms with E-state index >= 15 is 0 Å². The summed E-state index contributed by atoms with van der Waals surface area (Å²) in [6, 6.07) is 3.99. The number of carbonyl (C=O) groups excluding carboxylic acids is 1. The van der Waals surface area contributed by atoms with Gasteiger partial charge in [-0.1, -0.05) is 30.9 Å². The van der Waals surface area contributed by atoms with Crippen LogP contribution in [0, 0.1) is 5.82 Å². The number of hydrogen-bond donors (Lipinski definition) is 1. The van der Waals surface area contributed by atoms with E-state index in [1.165, 1.54) is 50.3 Å². The summed E-state index contributed by atoms with van der Waals surface area (Å²) in [5.74, 6) is -0.480. The highest BCUT2D eigenvalue weighted by molar-refractivity contribution is 8.01. The van der Waals surface area contributed by atoms with Crippen molar-refractivity contribution in [1.82, 2.24) is 0 Å². The molecule has 2 nitrogen and oxygen atoms in total. The lowest BCUT2D eigenvalue weighted by atomic mass is 10.0. The van der Waals surface area contributed by atoms with Gasteiger partial charge >= 0.3 is 0 Å². The SMILES string of the molecule is C[C@H](SC1CCCCC1)C(=O)Nc1ccc(F)cc1Cl. The zero-order chi connectivity index (χ0) is 14.5. The van der Waals surface area contributed by atoms with Crippen LogP contribution in [0.4, 0.5) is 10.1 Å². The van der Waals surface area contributed by atoms with Crippen molar-refractivity contribution in [3.05, 3.63) is 29.0 Å². The number of halogens is 2. The van der Waals surface area contributed by atoms with Crippen LogP contribution in [-0.2, 0) is 4.79 Å². The summed E-state index contributed by atoms with van der Waals surface area (Å²) < 4.78 is 13.0. The van der Waals surface area contributed by atoms with Gasteiger partial charge in [-0.3, -0.25) is 4.79 Å². The molecule has 1 atom stereocenters. The molecule has 0 saturated heterocycles. The Morgan fingerprint density at radius 1 is 1.40 bits per heavy atom. The van der Waals surface area contributed by atoms with Crippen molar-refractivity contribution in [3.8, 4) is 0 Å². The molecule has 5 heteroatoms. The van der Waals surface area contributed by atoms with Crippen molar-refractivity contribution >= 4 is 35.0 Å². The van der Waals surface area contributed by atoms with Gasteiger partial charge in [0.05, 0.1) is 16.0 Å². The zero-order valence-electron chi connectivity index (χ0n) is 11.5. The van der Waals surface area contributed by atoms with Gasteiger partial charge in [-0.05, 0) is 38.0 Å². The molecule has 2 rings (SSSR count). The molecule has 0 bridgehead atoms. The van der Waals surface area contributed by atoms with Gasteiger partial charge in [0.15, 0.2) is 0 Å². The molecule has 1 aliphatic rings. The minimum absolute atomic E-state index is 0.0749. The van der Waals surface area contributed by atoms with Crippen molar-refractivity contribution in [3.63, 3.8) is 0 Å². The van der Waals surface area contributed by atoms with E-state index < -0.39 is 5.82 Å². The number of thioether (sulfide) groups is 1. The molecule has 20 heavy (non-hydrogen) atoms. The Hall–Kier alpha value is -0.740. The monoisotopic (exact) mass is 315 g/mol. The summed E-state index contributed by atoms with van der Waals surface area (Å²) in [6.07, 6.45) is 6.22. The van der Waals surface area contributed by atoms with Gasteiger partial charge in [0.2, 0.25) is 5.91 Å². The van der Waals surface area contributed by atoms with E-state index in [0.717, 1.165) is 0 Å². The van der Waals surface area contributed by atoms with Crippen molar-refractivity contribution in [1.29, 1.82) is 0 Å². The number of amides is 1. The molecular weight excluding hydrogens is 297 g/mol. The smallest absolute Gasteiger partial charge is 0.237 e. The van der Waals surface area contributed by atoms with Crippen LogP contribution in [-0.4, -0.2) is 16.4 Å². The summed E-state index contributed by atoms with van der Waals surface area (Å²) >= 11 is 7.64. The van der Waals surface area contributed by atoms with E-state index in [9.17, 15) is 9.18 Å². The average molecular weight is 316 g/mol. The Labute approximate surface area is 128 Å². The largest absolute Gasteiger partial charge is 0.324 e.